The fourth-order valence-corrected chi connectivity index (χ4v) is 8.90. The zero-order valence-electron chi connectivity index (χ0n) is 26.1. The Morgan fingerprint density at radius 2 is 1.82 bits per heavy atom. The number of rotatable bonds is 7. The van der Waals surface area contributed by atoms with E-state index in [9.17, 15) is 19.8 Å². The Morgan fingerprint density at radius 3 is 2.50 bits per heavy atom. The molecule has 4 rings (SSSR count). The van der Waals surface area contributed by atoms with Crippen LogP contribution in [0.2, 0.25) is 0 Å². The molecule has 4 saturated carbocycles. The SMILES string of the molecule is [2H]C1([2H])C[C@@]2(C)[C@H]([C@@H](CC)[C@@H](O)[C@@H]3[C@@H]2CC[C@]2(C)[C@@H]([C@H](C)CCC(=O)NCC(=O)O)CC[C@@H]32)C([2H])([2H])[C@@]1([2H])O. The molecule has 4 aliphatic carbocycles. The maximum atomic E-state index is 12.1. The van der Waals surface area contributed by atoms with Gasteiger partial charge in [0, 0.05) is 11.9 Å². The zero-order chi connectivity index (χ0) is 29.3. The van der Waals surface area contributed by atoms with E-state index in [2.05, 4.69) is 19.2 Å². The lowest BCUT2D eigenvalue weighted by atomic mass is 9.41. The minimum Gasteiger partial charge on any atom is -0.480 e. The lowest BCUT2D eigenvalue weighted by Gasteiger charge is -2.64. The van der Waals surface area contributed by atoms with Crippen molar-refractivity contribution in [1.82, 2.24) is 5.32 Å². The van der Waals surface area contributed by atoms with Crippen molar-refractivity contribution in [1.29, 1.82) is 0 Å². The Bertz CT molecular complexity index is 978. The van der Waals surface area contributed by atoms with E-state index in [1.807, 2.05) is 13.8 Å². The molecule has 0 heterocycles. The van der Waals surface area contributed by atoms with Crippen LogP contribution in [0, 0.1) is 52.3 Å². The summed E-state index contributed by atoms with van der Waals surface area (Å²) < 4.78 is 43.3. The number of nitrogens with one attached hydrogen (secondary N) is 1. The van der Waals surface area contributed by atoms with Gasteiger partial charge in [-0.25, -0.2) is 0 Å². The van der Waals surface area contributed by atoms with Crippen molar-refractivity contribution in [2.24, 2.45) is 52.3 Å². The molecule has 0 aliphatic heterocycles. The Kier molecular flexibility index (Phi) is 5.71. The van der Waals surface area contributed by atoms with Crippen LogP contribution in [-0.4, -0.2) is 45.9 Å². The van der Waals surface area contributed by atoms with Gasteiger partial charge in [0.05, 0.1) is 13.6 Å². The molecule has 194 valence electrons. The average molecular weight is 483 g/mol. The number of fused-ring (bicyclic) bond motifs is 5. The fourth-order valence-electron chi connectivity index (χ4n) is 8.90. The second-order valence-electron chi connectivity index (χ2n) is 12.1. The lowest BCUT2D eigenvalue weighted by Crippen LogP contribution is -2.62. The van der Waals surface area contributed by atoms with E-state index in [0.717, 1.165) is 25.7 Å². The van der Waals surface area contributed by atoms with Crippen LogP contribution in [0.3, 0.4) is 0 Å². The molecule has 0 aromatic carbocycles. The predicted octanol–water partition coefficient (Wildman–Crippen LogP) is 4.23. The van der Waals surface area contributed by atoms with Crippen LogP contribution in [-0.2, 0) is 9.59 Å². The van der Waals surface area contributed by atoms with Gasteiger partial charge >= 0.3 is 5.97 Å². The molecule has 1 amide bonds. The molecule has 0 unspecified atom stereocenters. The highest BCUT2D eigenvalue weighted by Gasteiger charge is 2.64. The molecule has 6 nitrogen and oxygen atoms in total. The maximum Gasteiger partial charge on any atom is 0.322 e. The third-order valence-electron chi connectivity index (χ3n) is 10.6. The van der Waals surface area contributed by atoms with E-state index in [4.69, 9.17) is 12.0 Å². The predicted molar refractivity (Wildman–Crippen MR) is 131 cm³/mol. The van der Waals surface area contributed by atoms with Crippen molar-refractivity contribution < 1.29 is 31.8 Å². The van der Waals surface area contributed by atoms with Crippen molar-refractivity contribution >= 4 is 11.9 Å². The van der Waals surface area contributed by atoms with Crippen molar-refractivity contribution in [3.05, 3.63) is 0 Å². The van der Waals surface area contributed by atoms with E-state index >= 15 is 0 Å². The molecule has 0 spiro atoms. The fraction of sp³-hybridized carbons (Fsp3) is 0.929. The van der Waals surface area contributed by atoms with Gasteiger partial charge in [-0.15, -0.1) is 0 Å². The van der Waals surface area contributed by atoms with Gasteiger partial charge in [-0.1, -0.05) is 34.1 Å². The number of aliphatic hydroxyl groups is 2. The molecule has 6 heteroatoms. The number of carbonyl (C=O) groups excluding carboxylic acids is 1. The zero-order valence-corrected chi connectivity index (χ0v) is 21.1. The van der Waals surface area contributed by atoms with Gasteiger partial charge in [-0.2, -0.15) is 0 Å². The molecule has 4 aliphatic rings. The van der Waals surface area contributed by atoms with Crippen molar-refractivity contribution in [3.8, 4) is 0 Å². The number of amides is 1. The Labute approximate surface area is 212 Å². The molecule has 0 bridgehead atoms. The van der Waals surface area contributed by atoms with Crippen LogP contribution >= 0.6 is 0 Å². The summed E-state index contributed by atoms with van der Waals surface area (Å²) in [6, 6.07) is 0. The first-order chi connectivity index (χ1) is 17.9. The first-order valence-corrected chi connectivity index (χ1v) is 13.3. The molecule has 0 aromatic heterocycles. The van der Waals surface area contributed by atoms with Crippen LogP contribution in [0.4, 0.5) is 0 Å². The highest BCUT2D eigenvalue weighted by molar-refractivity contribution is 5.81. The molecule has 11 atom stereocenters. The first kappa shape index (κ1) is 20.0. The minimum atomic E-state index is -2.90. The van der Waals surface area contributed by atoms with Gasteiger partial charge in [0.15, 0.2) is 0 Å². The summed E-state index contributed by atoms with van der Waals surface area (Å²) in [5.74, 6) is -2.15. The number of aliphatic hydroxyl groups excluding tert-OH is 1. The van der Waals surface area contributed by atoms with E-state index in [1.165, 1.54) is 0 Å². The molecule has 4 fully saturated rings. The van der Waals surface area contributed by atoms with Crippen molar-refractivity contribution in [2.45, 2.75) is 104 Å². The van der Waals surface area contributed by atoms with Gasteiger partial charge < -0.3 is 20.6 Å². The number of carboxylic acid groups (broad SMARTS) is 1. The highest BCUT2D eigenvalue weighted by Crippen LogP contribution is 2.69. The van der Waals surface area contributed by atoms with Gasteiger partial charge in [0.25, 0.3) is 0 Å². The number of carbonyl (C=O) groups is 2. The second kappa shape index (κ2) is 9.72. The topological polar surface area (TPSA) is 107 Å². The summed E-state index contributed by atoms with van der Waals surface area (Å²) in [6.45, 7) is 7.91. The van der Waals surface area contributed by atoms with Crippen LogP contribution in [0.15, 0.2) is 0 Å². The summed E-state index contributed by atoms with van der Waals surface area (Å²) in [6.07, 6.45) is -3.91. The van der Waals surface area contributed by atoms with Gasteiger partial charge in [-0.05, 0) is 104 Å². The van der Waals surface area contributed by atoms with Crippen LogP contribution in [0.5, 0.6) is 0 Å². The Balaban J connectivity index is 1.61. The number of aliphatic carboxylic acids is 1. The van der Waals surface area contributed by atoms with Crippen molar-refractivity contribution in [3.63, 3.8) is 0 Å². The Morgan fingerprint density at radius 1 is 1.12 bits per heavy atom. The normalized spacial score (nSPS) is 53.9. The largest absolute Gasteiger partial charge is 0.480 e. The Hall–Kier alpha value is -1.14. The summed E-state index contributed by atoms with van der Waals surface area (Å²) in [5, 5.41) is 34.0. The lowest BCUT2D eigenvalue weighted by molar-refractivity contribution is -0.203. The molecule has 34 heavy (non-hydrogen) atoms. The summed E-state index contributed by atoms with van der Waals surface area (Å²) in [7, 11) is 0. The van der Waals surface area contributed by atoms with Crippen molar-refractivity contribution in [2.75, 3.05) is 6.54 Å². The van der Waals surface area contributed by atoms with Gasteiger partial charge in [0.1, 0.15) is 6.54 Å². The average Bonchev–Trinajstić information content (AvgIpc) is 3.18. The van der Waals surface area contributed by atoms with Crippen LogP contribution in [0.25, 0.3) is 0 Å². The molecule has 0 aromatic rings. The molecule has 0 saturated heterocycles. The summed E-state index contributed by atoms with van der Waals surface area (Å²) >= 11 is 0. The van der Waals surface area contributed by atoms with Crippen LogP contribution in [0.1, 0.15) is 98.7 Å². The number of carboxylic acids is 1. The smallest absolute Gasteiger partial charge is 0.322 e. The monoisotopic (exact) mass is 482 g/mol. The first-order valence-electron chi connectivity index (χ1n) is 15.8. The van der Waals surface area contributed by atoms with E-state index < -0.39 is 48.1 Å². The van der Waals surface area contributed by atoms with Gasteiger partial charge in [0.2, 0.25) is 5.91 Å². The van der Waals surface area contributed by atoms with E-state index in [-0.39, 0.29) is 54.4 Å². The van der Waals surface area contributed by atoms with Crippen LogP contribution < -0.4 is 5.32 Å². The number of hydrogen-bond acceptors (Lipinski definition) is 4. The number of hydrogen-bond donors (Lipinski definition) is 4. The standard InChI is InChI=1S/C28H47NO5/c1-5-18-22-14-17(30)10-12-28(22,4)21-11-13-27(3)19(7-8-20(27)25(21)26(18)34)16(2)6-9-23(31)29-15-24(32)33/h16-22,25-26,30,34H,5-15H2,1-4H3,(H,29,31)(H,32,33)/t16-,17+,18-,19-,20+,21+,22+,25+,26-,27-,28-/m1/s1/i10D2,14D2,17D. The molecular formula is C28H47NO5. The highest BCUT2D eigenvalue weighted by atomic mass is 16.4. The second-order valence-corrected chi connectivity index (χ2v) is 12.1. The third kappa shape index (κ3) is 4.31. The molecular weight excluding hydrogens is 430 g/mol. The minimum absolute atomic E-state index is 0.0799. The molecule has 4 N–H and O–H groups in total. The quantitative estimate of drug-likeness (QED) is 0.434. The van der Waals surface area contributed by atoms with E-state index in [0.29, 0.717) is 18.8 Å². The van der Waals surface area contributed by atoms with E-state index in [1.54, 1.807) is 0 Å². The summed E-state index contributed by atoms with van der Waals surface area (Å²) in [5.41, 5.74) is -0.887. The van der Waals surface area contributed by atoms with Gasteiger partial charge in [-0.3, -0.25) is 9.59 Å². The third-order valence-corrected chi connectivity index (χ3v) is 10.6. The maximum absolute atomic E-state index is 12.1. The summed E-state index contributed by atoms with van der Waals surface area (Å²) in [4.78, 5) is 22.9. The molecule has 0 radical (unpaired) electrons.